The van der Waals surface area contributed by atoms with Crippen molar-refractivity contribution < 1.29 is 13.5 Å². The largest absolute Gasteiger partial charge is 0.399 e. The van der Waals surface area contributed by atoms with Gasteiger partial charge in [0.15, 0.2) is 9.84 Å². The number of hydrogen-bond acceptors (Lipinski definition) is 4. The summed E-state index contributed by atoms with van der Waals surface area (Å²) in [7, 11) is -3.28. The predicted octanol–water partition coefficient (Wildman–Crippen LogP) is 1.75. The van der Waals surface area contributed by atoms with Crippen LogP contribution in [-0.4, -0.2) is 19.8 Å². The van der Waals surface area contributed by atoms with Crippen molar-refractivity contribution in [3.63, 3.8) is 0 Å². The zero-order chi connectivity index (χ0) is 14.0. The van der Waals surface area contributed by atoms with Crippen LogP contribution in [0.15, 0.2) is 53.4 Å². The third kappa shape index (κ3) is 3.13. The van der Waals surface area contributed by atoms with Crippen LogP contribution in [0.4, 0.5) is 5.69 Å². The maximum atomic E-state index is 11.5. The first-order valence-corrected chi connectivity index (χ1v) is 7.60. The summed E-state index contributed by atoms with van der Waals surface area (Å²) in [5.74, 6) is 0. The molecule has 0 amide bonds. The van der Waals surface area contributed by atoms with Gasteiger partial charge in [0.1, 0.15) is 6.10 Å². The quantitative estimate of drug-likeness (QED) is 0.838. The number of benzene rings is 2. The van der Waals surface area contributed by atoms with Crippen molar-refractivity contribution in [2.75, 3.05) is 12.0 Å². The minimum atomic E-state index is -3.28. The lowest BCUT2D eigenvalue weighted by atomic mass is 10.0. The van der Waals surface area contributed by atoms with Crippen LogP contribution in [0, 0.1) is 0 Å². The van der Waals surface area contributed by atoms with Gasteiger partial charge in [-0.1, -0.05) is 24.3 Å². The van der Waals surface area contributed by atoms with Crippen LogP contribution in [0.1, 0.15) is 17.2 Å². The molecule has 0 spiro atoms. The highest BCUT2D eigenvalue weighted by Crippen LogP contribution is 2.25. The standard InChI is InChI=1S/C14H15NO3S/c1-19(17,18)13-7-3-5-11(9-13)14(16)10-4-2-6-12(15)8-10/h2-9,14,16H,15H2,1H3. The zero-order valence-electron chi connectivity index (χ0n) is 10.4. The maximum Gasteiger partial charge on any atom is 0.175 e. The number of aliphatic hydroxyl groups is 1. The second kappa shape index (κ2) is 5.03. The molecule has 0 aliphatic rings. The van der Waals surface area contributed by atoms with Gasteiger partial charge in [-0.25, -0.2) is 8.42 Å². The Balaban J connectivity index is 2.42. The van der Waals surface area contributed by atoms with Crippen molar-refractivity contribution in [1.29, 1.82) is 0 Å². The van der Waals surface area contributed by atoms with Crippen LogP contribution in [-0.2, 0) is 9.84 Å². The van der Waals surface area contributed by atoms with Gasteiger partial charge in [-0.2, -0.15) is 0 Å². The van der Waals surface area contributed by atoms with Gasteiger partial charge in [0.05, 0.1) is 4.90 Å². The molecule has 0 aromatic heterocycles. The molecule has 100 valence electrons. The summed E-state index contributed by atoms with van der Waals surface area (Å²) in [6.07, 6.45) is 0.240. The Labute approximate surface area is 112 Å². The number of rotatable bonds is 3. The van der Waals surface area contributed by atoms with E-state index in [-0.39, 0.29) is 4.90 Å². The number of nitrogens with two attached hydrogens (primary N) is 1. The third-order valence-electron chi connectivity index (χ3n) is 2.83. The summed E-state index contributed by atoms with van der Waals surface area (Å²) in [4.78, 5) is 0.188. The molecule has 0 heterocycles. The molecule has 0 aliphatic carbocycles. The molecule has 1 atom stereocenters. The molecule has 0 radical (unpaired) electrons. The van der Waals surface area contributed by atoms with E-state index in [2.05, 4.69) is 0 Å². The average molecular weight is 277 g/mol. The van der Waals surface area contributed by atoms with E-state index < -0.39 is 15.9 Å². The van der Waals surface area contributed by atoms with Crippen molar-refractivity contribution in [2.45, 2.75) is 11.0 Å². The lowest BCUT2D eigenvalue weighted by molar-refractivity contribution is 0.220. The van der Waals surface area contributed by atoms with Crippen molar-refractivity contribution in [3.8, 4) is 0 Å². The number of sulfone groups is 1. The fourth-order valence-electron chi connectivity index (χ4n) is 1.84. The average Bonchev–Trinajstić information content (AvgIpc) is 2.37. The van der Waals surface area contributed by atoms with E-state index in [1.807, 2.05) is 0 Å². The van der Waals surface area contributed by atoms with Crippen molar-refractivity contribution in [3.05, 3.63) is 59.7 Å². The monoisotopic (exact) mass is 277 g/mol. The highest BCUT2D eigenvalue weighted by Gasteiger charge is 2.14. The minimum Gasteiger partial charge on any atom is -0.399 e. The van der Waals surface area contributed by atoms with Gasteiger partial charge in [0.25, 0.3) is 0 Å². The molecule has 0 fully saturated rings. The van der Waals surface area contributed by atoms with E-state index in [4.69, 9.17) is 5.73 Å². The van der Waals surface area contributed by atoms with E-state index >= 15 is 0 Å². The van der Waals surface area contributed by atoms with Crippen LogP contribution < -0.4 is 5.73 Å². The molecule has 3 N–H and O–H groups in total. The molecule has 5 heteroatoms. The van der Waals surface area contributed by atoms with Gasteiger partial charge in [-0.15, -0.1) is 0 Å². The van der Waals surface area contributed by atoms with Gasteiger partial charge in [0.2, 0.25) is 0 Å². The molecule has 2 aromatic carbocycles. The molecule has 0 aliphatic heterocycles. The fraction of sp³-hybridized carbons (Fsp3) is 0.143. The summed E-state index contributed by atoms with van der Waals surface area (Å²) < 4.78 is 23.0. The molecule has 1 unspecified atom stereocenters. The smallest absolute Gasteiger partial charge is 0.175 e. The minimum absolute atomic E-state index is 0.188. The molecule has 2 rings (SSSR count). The first-order chi connectivity index (χ1) is 8.88. The van der Waals surface area contributed by atoms with Gasteiger partial charge >= 0.3 is 0 Å². The first-order valence-electron chi connectivity index (χ1n) is 5.71. The highest BCUT2D eigenvalue weighted by atomic mass is 32.2. The Morgan fingerprint density at radius 1 is 1.05 bits per heavy atom. The Morgan fingerprint density at radius 3 is 2.21 bits per heavy atom. The normalized spacial score (nSPS) is 13.2. The predicted molar refractivity (Wildman–Crippen MR) is 74.5 cm³/mol. The first kappa shape index (κ1) is 13.6. The Hall–Kier alpha value is -1.85. The second-order valence-corrected chi connectivity index (χ2v) is 6.43. The summed E-state index contributed by atoms with van der Waals surface area (Å²) in [6, 6.07) is 13.2. The van der Waals surface area contributed by atoms with Crippen molar-refractivity contribution >= 4 is 15.5 Å². The second-order valence-electron chi connectivity index (χ2n) is 4.42. The third-order valence-corrected chi connectivity index (χ3v) is 3.94. The van der Waals surface area contributed by atoms with Crippen LogP contribution >= 0.6 is 0 Å². The molecule has 0 saturated heterocycles. The molecule has 0 saturated carbocycles. The number of aliphatic hydroxyl groups excluding tert-OH is 1. The molecule has 0 bridgehead atoms. The van der Waals surface area contributed by atoms with Crippen LogP contribution in [0.5, 0.6) is 0 Å². The van der Waals surface area contributed by atoms with E-state index in [9.17, 15) is 13.5 Å². The van der Waals surface area contributed by atoms with Crippen LogP contribution in [0.2, 0.25) is 0 Å². The summed E-state index contributed by atoms with van der Waals surface area (Å²) >= 11 is 0. The van der Waals surface area contributed by atoms with E-state index in [1.165, 1.54) is 12.1 Å². The van der Waals surface area contributed by atoms with Gasteiger partial charge in [-0.3, -0.25) is 0 Å². The number of nitrogen functional groups attached to an aromatic ring is 1. The fourth-order valence-corrected chi connectivity index (χ4v) is 2.51. The van der Waals surface area contributed by atoms with Crippen molar-refractivity contribution in [2.24, 2.45) is 0 Å². The molecular formula is C14H15NO3S. The van der Waals surface area contributed by atoms with E-state index in [0.29, 0.717) is 16.8 Å². The molecule has 2 aromatic rings. The zero-order valence-corrected chi connectivity index (χ0v) is 11.3. The maximum absolute atomic E-state index is 11.5. The van der Waals surface area contributed by atoms with Crippen molar-refractivity contribution in [1.82, 2.24) is 0 Å². The Kier molecular flexibility index (Phi) is 3.59. The number of hydrogen-bond donors (Lipinski definition) is 2. The van der Waals surface area contributed by atoms with Gasteiger partial charge < -0.3 is 10.8 Å². The molecular weight excluding hydrogens is 262 g/mol. The lowest BCUT2D eigenvalue weighted by Crippen LogP contribution is -2.03. The Morgan fingerprint density at radius 2 is 1.63 bits per heavy atom. The topological polar surface area (TPSA) is 80.4 Å². The highest BCUT2D eigenvalue weighted by molar-refractivity contribution is 7.90. The Bertz CT molecular complexity index is 695. The van der Waals surface area contributed by atoms with E-state index in [0.717, 1.165) is 6.26 Å². The van der Waals surface area contributed by atoms with Gasteiger partial charge in [-0.05, 0) is 35.4 Å². The van der Waals surface area contributed by atoms with Gasteiger partial charge in [0, 0.05) is 11.9 Å². The molecule has 4 nitrogen and oxygen atoms in total. The van der Waals surface area contributed by atoms with Crippen LogP contribution in [0.25, 0.3) is 0 Å². The summed E-state index contributed by atoms with van der Waals surface area (Å²) in [5, 5.41) is 10.3. The lowest BCUT2D eigenvalue weighted by Gasteiger charge is -2.13. The summed E-state index contributed by atoms with van der Waals surface area (Å²) in [5.41, 5.74) is 7.37. The van der Waals surface area contributed by atoms with Crippen LogP contribution in [0.3, 0.4) is 0 Å². The van der Waals surface area contributed by atoms with E-state index in [1.54, 1.807) is 36.4 Å². The number of anilines is 1. The molecule has 19 heavy (non-hydrogen) atoms. The SMILES string of the molecule is CS(=O)(=O)c1cccc(C(O)c2cccc(N)c2)c1. The summed E-state index contributed by atoms with van der Waals surface area (Å²) in [6.45, 7) is 0.